The summed E-state index contributed by atoms with van der Waals surface area (Å²) in [6, 6.07) is 9.38. The number of nitrogens with one attached hydrogen (secondary N) is 1. The first-order valence-corrected chi connectivity index (χ1v) is 8.37. The maximum atomic E-state index is 12.9. The van der Waals surface area contributed by atoms with Gasteiger partial charge < -0.3 is 25.0 Å². The summed E-state index contributed by atoms with van der Waals surface area (Å²) < 4.78 is 11.3. The van der Waals surface area contributed by atoms with E-state index in [9.17, 15) is 14.7 Å². The standard InChI is InChI=1S/C20H19NO6/c1-3-26-20-15(18(23)14-8-11(2)4-7-17(14)27-20)10-21-12-5-6-16(22)13(9-12)19(24)25/h4-10,20-22H,3H2,1-2H3,(H,24,25)/t20-/m0/s1. The van der Waals surface area contributed by atoms with Gasteiger partial charge in [0, 0.05) is 18.5 Å². The second-order valence-corrected chi connectivity index (χ2v) is 6.01. The van der Waals surface area contributed by atoms with Crippen molar-refractivity contribution >= 4 is 17.4 Å². The molecule has 2 aromatic carbocycles. The van der Waals surface area contributed by atoms with Crippen molar-refractivity contribution in [3.8, 4) is 11.5 Å². The van der Waals surface area contributed by atoms with Crippen LogP contribution in [0.3, 0.4) is 0 Å². The zero-order valence-corrected chi connectivity index (χ0v) is 14.9. The number of aryl methyl sites for hydroxylation is 1. The summed E-state index contributed by atoms with van der Waals surface area (Å²) in [5.41, 5.74) is 1.79. The SMILES string of the molecule is CCO[C@H]1Oc2ccc(C)cc2C(=O)C1=CNc1ccc(O)c(C(=O)O)c1. The third-order valence-corrected chi connectivity index (χ3v) is 4.07. The molecule has 2 aromatic rings. The van der Waals surface area contributed by atoms with E-state index in [1.165, 1.54) is 24.4 Å². The Morgan fingerprint density at radius 3 is 2.78 bits per heavy atom. The Balaban J connectivity index is 1.94. The third kappa shape index (κ3) is 3.78. The highest BCUT2D eigenvalue weighted by atomic mass is 16.7. The van der Waals surface area contributed by atoms with Crippen molar-refractivity contribution in [2.75, 3.05) is 11.9 Å². The van der Waals surface area contributed by atoms with Gasteiger partial charge >= 0.3 is 5.97 Å². The first-order chi connectivity index (χ1) is 12.9. The predicted molar refractivity (Wildman–Crippen MR) is 98.3 cm³/mol. The van der Waals surface area contributed by atoms with E-state index < -0.39 is 12.3 Å². The molecule has 0 amide bonds. The number of anilines is 1. The van der Waals surface area contributed by atoms with Gasteiger partial charge in [0.2, 0.25) is 6.29 Å². The van der Waals surface area contributed by atoms with Crippen molar-refractivity contribution in [3.05, 3.63) is 64.9 Å². The number of aromatic carboxylic acids is 1. The van der Waals surface area contributed by atoms with Crippen LogP contribution in [-0.4, -0.2) is 34.9 Å². The topological polar surface area (TPSA) is 105 Å². The Kier molecular flexibility index (Phi) is 5.14. The van der Waals surface area contributed by atoms with Crippen LogP contribution in [0.5, 0.6) is 11.5 Å². The fraction of sp³-hybridized carbons (Fsp3) is 0.200. The van der Waals surface area contributed by atoms with Crippen LogP contribution in [0.2, 0.25) is 0 Å². The molecule has 0 unspecified atom stereocenters. The molecule has 1 heterocycles. The second-order valence-electron chi connectivity index (χ2n) is 6.01. The molecule has 0 fully saturated rings. The summed E-state index contributed by atoms with van der Waals surface area (Å²) in [6.45, 7) is 4.02. The molecular weight excluding hydrogens is 350 g/mol. The average Bonchev–Trinajstić information content (AvgIpc) is 2.63. The smallest absolute Gasteiger partial charge is 0.339 e. The molecule has 7 heteroatoms. The first kappa shape index (κ1) is 18.5. The summed E-state index contributed by atoms with van der Waals surface area (Å²) >= 11 is 0. The number of benzene rings is 2. The fourth-order valence-corrected chi connectivity index (χ4v) is 2.73. The highest BCUT2D eigenvalue weighted by Crippen LogP contribution is 2.32. The first-order valence-electron chi connectivity index (χ1n) is 8.37. The molecule has 0 saturated heterocycles. The van der Waals surface area contributed by atoms with Crippen molar-refractivity contribution < 1.29 is 29.3 Å². The number of fused-ring (bicyclic) bond motifs is 1. The third-order valence-electron chi connectivity index (χ3n) is 4.07. The molecule has 3 rings (SSSR count). The Morgan fingerprint density at radius 2 is 2.07 bits per heavy atom. The lowest BCUT2D eigenvalue weighted by molar-refractivity contribution is -0.0509. The molecule has 0 spiro atoms. The lowest BCUT2D eigenvalue weighted by atomic mass is 9.98. The van der Waals surface area contributed by atoms with Gasteiger partial charge in [-0.3, -0.25) is 4.79 Å². The maximum absolute atomic E-state index is 12.9. The highest BCUT2D eigenvalue weighted by Gasteiger charge is 2.32. The van der Waals surface area contributed by atoms with E-state index in [0.29, 0.717) is 23.6 Å². The van der Waals surface area contributed by atoms with Crippen LogP contribution in [0.1, 0.15) is 33.2 Å². The van der Waals surface area contributed by atoms with Gasteiger partial charge in [-0.15, -0.1) is 0 Å². The molecule has 27 heavy (non-hydrogen) atoms. The molecule has 0 saturated carbocycles. The van der Waals surface area contributed by atoms with Crippen LogP contribution >= 0.6 is 0 Å². The van der Waals surface area contributed by atoms with Gasteiger partial charge in [-0.2, -0.15) is 0 Å². The summed E-state index contributed by atoms with van der Waals surface area (Å²) in [5.74, 6) is -1.37. The van der Waals surface area contributed by atoms with Crippen LogP contribution in [0.15, 0.2) is 48.2 Å². The van der Waals surface area contributed by atoms with E-state index in [1.54, 1.807) is 19.1 Å². The maximum Gasteiger partial charge on any atom is 0.339 e. The zero-order valence-electron chi connectivity index (χ0n) is 14.9. The predicted octanol–water partition coefficient (Wildman–Crippen LogP) is 3.33. The van der Waals surface area contributed by atoms with E-state index in [4.69, 9.17) is 14.6 Å². The van der Waals surface area contributed by atoms with Crippen molar-refractivity contribution in [1.29, 1.82) is 0 Å². The van der Waals surface area contributed by atoms with Crippen molar-refractivity contribution in [2.24, 2.45) is 0 Å². The lowest BCUT2D eigenvalue weighted by Gasteiger charge is -2.27. The van der Waals surface area contributed by atoms with Crippen LogP contribution in [0.4, 0.5) is 5.69 Å². The number of hydrogen-bond donors (Lipinski definition) is 3. The molecule has 140 valence electrons. The monoisotopic (exact) mass is 369 g/mol. The molecular formula is C20H19NO6. The largest absolute Gasteiger partial charge is 0.507 e. The second kappa shape index (κ2) is 7.51. The summed E-state index contributed by atoms with van der Waals surface area (Å²) in [4.78, 5) is 24.0. The Bertz CT molecular complexity index is 934. The summed E-state index contributed by atoms with van der Waals surface area (Å²) in [6.07, 6.45) is 0.563. The van der Waals surface area contributed by atoms with Gasteiger partial charge in [0.25, 0.3) is 0 Å². The number of Topliss-reactive ketones (excluding diaryl/α,β-unsaturated/α-hetero) is 1. The van der Waals surface area contributed by atoms with Crippen LogP contribution in [0.25, 0.3) is 0 Å². The minimum Gasteiger partial charge on any atom is -0.507 e. The normalized spacial score (nSPS) is 17.3. The van der Waals surface area contributed by atoms with Gasteiger partial charge in [0.15, 0.2) is 5.78 Å². The fourth-order valence-electron chi connectivity index (χ4n) is 2.73. The average molecular weight is 369 g/mol. The number of ketones is 1. The minimum atomic E-state index is -1.25. The number of carboxylic acids is 1. The van der Waals surface area contributed by atoms with E-state index in [0.717, 1.165) is 5.56 Å². The molecule has 0 aromatic heterocycles. The molecule has 0 bridgehead atoms. The van der Waals surface area contributed by atoms with Crippen molar-refractivity contribution in [1.82, 2.24) is 0 Å². The Morgan fingerprint density at radius 1 is 1.30 bits per heavy atom. The number of carbonyl (C=O) groups is 2. The minimum absolute atomic E-state index is 0.233. The molecule has 1 aliphatic heterocycles. The number of carbonyl (C=O) groups excluding carboxylic acids is 1. The van der Waals surface area contributed by atoms with Gasteiger partial charge in [-0.05, 0) is 44.2 Å². The molecule has 1 aliphatic rings. The van der Waals surface area contributed by atoms with E-state index in [2.05, 4.69) is 5.32 Å². The van der Waals surface area contributed by atoms with Gasteiger partial charge in [0.05, 0.1) is 11.1 Å². The Hall–Kier alpha value is -3.32. The molecule has 0 radical (unpaired) electrons. The number of rotatable bonds is 5. The van der Waals surface area contributed by atoms with Gasteiger partial charge in [-0.25, -0.2) is 4.79 Å². The van der Waals surface area contributed by atoms with E-state index in [1.807, 2.05) is 13.0 Å². The number of aromatic hydroxyl groups is 1. The number of hydrogen-bond acceptors (Lipinski definition) is 6. The molecule has 0 aliphatic carbocycles. The number of phenols is 1. The van der Waals surface area contributed by atoms with Crippen molar-refractivity contribution in [2.45, 2.75) is 20.1 Å². The molecule has 3 N–H and O–H groups in total. The van der Waals surface area contributed by atoms with E-state index in [-0.39, 0.29) is 22.7 Å². The lowest BCUT2D eigenvalue weighted by Crippen LogP contribution is -2.33. The quantitative estimate of drug-likeness (QED) is 0.548. The molecule has 7 nitrogen and oxygen atoms in total. The summed E-state index contributed by atoms with van der Waals surface area (Å²) in [5, 5.41) is 21.6. The van der Waals surface area contributed by atoms with E-state index >= 15 is 0 Å². The van der Waals surface area contributed by atoms with Crippen LogP contribution < -0.4 is 10.1 Å². The van der Waals surface area contributed by atoms with Crippen LogP contribution in [0, 0.1) is 6.92 Å². The van der Waals surface area contributed by atoms with Crippen LogP contribution in [-0.2, 0) is 4.74 Å². The van der Waals surface area contributed by atoms with Gasteiger partial charge in [0.1, 0.15) is 17.1 Å². The summed E-state index contributed by atoms with van der Waals surface area (Å²) in [7, 11) is 0. The number of carboxylic acid groups (broad SMARTS) is 1. The Labute approximate surface area is 155 Å². The van der Waals surface area contributed by atoms with Gasteiger partial charge in [-0.1, -0.05) is 11.6 Å². The number of ether oxygens (including phenoxy) is 2. The molecule has 1 atom stereocenters. The van der Waals surface area contributed by atoms with Crippen molar-refractivity contribution in [3.63, 3.8) is 0 Å². The zero-order chi connectivity index (χ0) is 19.6. The highest BCUT2D eigenvalue weighted by molar-refractivity contribution is 6.12.